The molecule has 1 heterocycles. The summed E-state index contributed by atoms with van der Waals surface area (Å²) in [5.41, 5.74) is 2.35. The Morgan fingerprint density at radius 2 is 2.07 bits per heavy atom. The summed E-state index contributed by atoms with van der Waals surface area (Å²) < 4.78 is 5.30. The number of nitrogens with zero attached hydrogens (tertiary/aromatic N) is 2. The normalized spacial score (nSPS) is 17.4. The molecular formula is C22H23N3O3S. The second-order valence-corrected chi connectivity index (χ2v) is 7.70. The van der Waals surface area contributed by atoms with Gasteiger partial charge in [-0.05, 0) is 36.8 Å². The number of hydrogen-bond acceptors (Lipinski definition) is 5. The van der Waals surface area contributed by atoms with E-state index in [1.807, 2.05) is 49.4 Å². The van der Waals surface area contributed by atoms with E-state index in [2.05, 4.69) is 16.9 Å². The van der Waals surface area contributed by atoms with Crippen LogP contribution in [0.4, 0.5) is 11.4 Å². The highest BCUT2D eigenvalue weighted by molar-refractivity contribution is 8.15. The Hall–Kier alpha value is -3.06. The van der Waals surface area contributed by atoms with Crippen molar-refractivity contribution in [3.8, 4) is 5.75 Å². The number of para-hydroxylation sites is 1. The number of anilines is 1. The highest BCUT2D eigenvalue weighted by Gasteiger charge is 2.38. The van der Waals surface area contributed by atoms with Crippen molar-refractivity contribution in [2.24, 2.45) is 4.99 Å². The van der Waals surface area contributed by atoms with E-state index in [1.54, 1.807) is 24.2 Å². The summed E-state index contributed by atoms with van der Waals surface area (Å²) in [6, 6.07) is 15.0. The fourth-order valence-corrected chi connectivity index (χ4v) is 4.09. The standard InChI is InChI=1S/C22H23N3O3S/c1-4-12-25-21(27)19(29-22(25)23-16-8-6-5-7-9-16)14-20(26)24-17-13-15(2)10-11-18(17)28-3/h4-11,13,19H,1,12,14H2,2-3H3,(H,24,26). The SMILES string of the molecule is C=CCN1C(=O)C(CC(=O)Nc2cc(C)ccc2OC)SC1=Nc1ccccc1. The van der Waals surface area contributed by atoms with Gasteiger partial charge >= 0.3 is 0 Å². The Kier molecular flexibility index (Phi) is 6.72. The first-order chi connectivity index (χ1) is 14.0. The highest BCUT2D eigenvalue weighted by atomic mass is 32.2. The maximum absolute atomic E-state index is 12.8. The van der Waals surface area contributed by atoms with E-state index in [0.29, 0.717) is 23.1 Å². The molecule has 150 valence electrons. The average Bonchev–Trinajstić information content (AvgIpc) is 2.98. The Balaban J connectivity index is 1.74. The number of ether oxygens (including phenoxy) is 1. The van der Waals surface area contributed by atoms with Crippen LogP contribution in [-0.2, 0) is 9.59 Å². The number of methoxy groups -OCH3 is 1. The van der Waals surface area contributed by atoms with Crippen LogP contribution in [-0.4, -0.2) is 40.8 Å². The number of thioether (sulfide) groups is 1. The molecule has 2 amide bonds. The summed E-state index contributed by atoms with van der Waals surface area (Å²) in [5.74, 6) is 0.184. The molecule has 1 fully saturated rings. The number of amides is 2. The minimum absolute atomic E-state index is 0.0437. The number of rotatable bonds is 7. The Morgan fingerprint density at radius 1 is 1.31 bits per heavy atom. The summed E-state index contributed by atoms with van der Waals surface area (Å²) in [6.45, 7) is 6.00. The number of hydrogen-bond donors (Lipinski definition) is 1. The number of aliphatic imine (C=N–C) groups is 1. The van der Waals surface area contributed by atoms with Crippen molar-refractivity contribution < 1.29 is 14.3 Å². The quantitative estimate of drug-likeness (QED) is 0.698. The summed E-state index contributed by atoms with van der Waals surface area (Å²) >= 11 is 1.30. The molecule has 1 unspecified atom stereocenters. The van der Waals surface area contributed by atoms with E-state index in [-0.39, 0.29) is 18.2 Å². The van der Waals surface area contributed by atoms with Crippen molar-refractivity contribution in [3.05, 3.63) is 66.7 Å². The van der Waals surface area contributed by atoms with Crippen LogP contribution >= 0.6 is 11.8 Å². The summed E-state index contributed by atoms with van der Waals surface area (Å²) in [4.78, 5) is 31.6. The molecule has 2 aromatic rings. The third-order valence-electron chi connectivity index (χ3n) is 4.31. The Bertz CT molecular complexity index is 944. The smallest absolute Gasteiger partial charge is 0.242 e. The van der Waals surface area contributed by atoms with Gasteiger partial charge in [0, 0.05) is 13.0 Å². The van der Waals surface area contributed by atoms with Gasteiger partial charge in [-0.3, -0.25) is 14.5 Å². The lowest BCUT2D eigenvalue weighted by Gasteiger charge is -2.14. The van der Waals surface area contributed by atoms with E-state index < -0.39 is 5.25 Å². The van der Waals surface area contributed by atoms with Crippen molar-refractivity contribution in [3.63, 3.8) is 0 Å². The van der Waals surface area contributed by atoms with E-state index in [1.165, 1.54) is 11.8 Å². The van der Waals surface area contributed by atoms with Gasteiger partial charge in [0.2, 0.25) is 11.8 Å². The van der Waals surface area contributed by atoms with Crippen LogP contribution in [0, 0.1) is 6.92 Å². The summed E-state index contributed by atoms with van der Waals surface area (Å²) in [5, 5.41) is 2.89. The van der Waals surface area contributed by atoms with E-state index >= 15 is 0 Å². The zero-order valence-electron chi connectivity index (χ0n) is 16.4. The second-order valence-electron chi connectivity index (χ2n) is 6.53. The lowest BCUT2D eigenvalue weighted by atomic mass is 10.2. The van der Waals surface area contributed by atoms with Crippen LogP contribution in [0.15, 0.2) is 66.2 Å². The van der Waals surface area contributed by atoms with Gasteiger partial charge in [-0.2, -0.15) is 0 Å². The Labute approximate surface area is 174 Å². The predicted molar refractivity (Wildman–Crippen MR) is 118 cm³/mol. The highest BCUT2D eigenvalue weighted by Crippen LogP contribution is 2.32. The average molecular weight is 410 g/mol. The molecule has 1 saturated heterocycles. The summed E-state index contributed by atoms with van der Waals surface area (Å²) in [6.07, 6.45) is 1.70. The first-order valence-corrected chi connectivity index (χ1v) is 10.1. The van der Waals surface area contributed by atoms with Gasteiger partial charge in [-0.15, -0.1) is 6.58 Å². The number of carbonyl (C=O) groups excluding carboxylic acids is 2. The molecule has 2 aromatic carbocycles. The topological polar surface area (TPSA) is 71.0 Å². The molecule has 7 heteroatoms. The summed E-state index contributed by atoms with van der Waals surface area (Å²) in [7, 11) is 1.55. The third kappa shape index (κ3) is 5.06. The maximum Gasteiger partial charge on any atom is 0.242 e. The minimum Gasteiger partial charge on any atom is -0.495 e. The van der Waals surface area contributed by atoms with Gasteiger partial charge in [0.1, 0.15) is 11.0 Å². The molecule has 6 nitrogen and oxygen atoms in total. The van der Waals surface area contributed by atoms with Gasteiger partial charge in [0.15, 0.2) is 5.17 Å². The van der Waals surface area contributed by atoms with Gasteiger partial charge in [-0.25, -0.2) is 4.99 Å². The minimum atomic E-state index is -0.534. The molecule has 1 atom stereocenters. The van der Waals surface area contributed by atoms with Gasteiger partial charge < -0.3 is 10.1 Å². The molecular weight excluding hydrogens is 386 g/mol. The number of carbonyl (C=O) groups is 2. The van der Waals surface area contributed by atoms with E-state index in [9.17, 15) is 9.59 Å². The molecule has 3 rings (SSSR count). The van der Waals surface area contributed by atoms with Crippen LogP contribution in [0.2, 0.25) is 0 Å². The molecule has 29 heavy (non-hydrogen) atoms. The van der Waals surface area contributed by atoms with Crippen molar-refractivity contribution in [2.45, 2.75) is 18.6 Å². The zero-order chi connectivity index (χ0) is 20.8. The molecule has 0 saturated carbocycles. The number of nitrogens with one attached hydrogen (secondary N) is 1. The van der Waals surface area contributed by atoms with Crippen molar-refractivity contribution >= 4 is 40.1 Å². The van der Waals surface area contributed by atoms with Crippen LogP contribution in [0.25, 0.3) is 0 Å². The van der Waals surface area contributed by atoms with E-state index in [0.717, 1.165) is 11.3 Å². The maximum atomic E-state index is 12.8. The lowest BCUT2D eigenvalue weighted by molar-refractivity contribution is -0.127. The second kappa shape index (κ2) is 9.43. The van der Waals surface area contributed by atoms with Crippen LogP contribution in [0.5, 0.6) is 5.75 Å². The van der Waals surface area contributed by atoms with Crippen LogP contribution in [0.1, 0.15) is 12.0 Å². The lowest BCUT2D eigenvalue weighted by Crippen LogP contribution is -2.33. The van der Waals surface area contributed by atoms with Crippen molar-refractivity contribution in [1.29, 1.82) is 0 Å². The first-order valence-electron chi connectivity index (χ1n) is 9.19. The zero-order valence-corrected chi connectivity index (χ0v) is 17.2. The molecule has 0 bridgehead atoms. The Morgan fingerprint density at radius 3 is 2.76 bits per heavy atom. The fraction of sp³-hybridized carbons (Fsp3) is 0.227. The van der Waals surface area contributed by atoms with Crippen LogP contribution < -0.4 is 10.1 Å². The largest absolute Gasteiger partial charge is 0.495 e. The van der Waals surface area contributed by atoms with Crippen molar-refractivity contribution in [2.75, 3.05) is 19.0 Å². The van der Waals surface area contributed by atoms with Gasteiger partial charge in [-0.1, -0.05) is 42.1 Å². The predicted octanol–water partition coefficient (Wildman–Crippen LogP) is 4.15. The van der Waals surface area contributed by atoms with Crippen molar-refractivity contribution in [1.82, 2.24) is 4.90 Å². The van der Waals surface area contributed by atoms with Crippen LogP contribution in [0.3, 0.4) is 0 Å². The number of aryl methyl sites for hydroxylation is 1. The molecule has 1 aliphatic rings. The monoisotopic (exact) mass is 409 g/mol. The molecule has 0 aliphatic carbocycles. The molecule has 0 radical (unpaired) electrons. The number of amidine groups is 1. The fourth-order valence-electron chi connectivity index (χ4n) is 2.92. The van der Waals surface area contributed by atoms with E-state index in [4.69, 9.17) is 4.74 Å². The molecule has 1 aliphatic heterocycles. The number of benzene rings is 2. The van der Waals surface area contributed by atoms with Gasteiger partial charge in [0.25, 0.3) is 0 Å². The van der Waals surface area contributed by atoms with Gasteiger partial charge in [0.05, 0.1) is 18.5 Å². The first kappa shape index (κ1) is 20.7. The molecule has 0 spiro atoms. The third-order valence-corrected chi connectivity index (χ3v) is 5.49. The molecule has 1 N–H and O–H groups in total. The molecule has 0 aromatic heterocycles.